The van der Waals surface area contributed by atoms with Crippen LogP contribution < -0.4 is 9.46 Å². The van der Waals surface area contributed by atoms with E-state index in [4.69, 9.17) is 9.29 Å². The quantitative estimate of drug-likeness (QED) is 0.554. The van der Waals surface area contributed by atoms with Gasteiger partial charge in [-0.05, 0) is 55.1 Å². The lowest BCUT2D eigenvalue weighted by Gasteiger charge is -2.13. The Morgan fingerprint density at radius 2 is 2.05 bits per heavy atom. The van der Waals surface area contributed by atoms with E-state index in [0.29, 0.717) is 22.7 Å². The lowest BCUT2D eigenvalue weighted by atomic mass is 10.2. The molecule has 0 saturated carbocycles. The molecule has 0 heterocycles. The van der Waals surface area contributed by atoms with Crippen molar-refractivity contribution in [1.82, 2.24) is 0 Å². The van der Waals surface area contributed by atoms with Crippen LogP contribution in [0.3, 0.4) is 0 Å². The summed E-state index contributed by atoms with van der Waals surface area (Å²) in [5.41, 5.74) is 2.08. The maximum absolute atomic E-state index is 10.7. The average Bonchev–Trinajstić information content (AvgIpc) is 2.48. The lowest BCUT2D eigenvalue weighted by molar-refractivity contribution is 0.276. The van der Waals surface area contributed by atoms with Gasteiger partial charge in [0.05, 0.1) is 6.61 Å². The number of rotatable bonds is 6. The molecule has 0 bridgehead atoms. The first-order valence-corrected chi connectivity index (χ1v) is 8.80. The maximum Gasteiger partial charge on any atom is 0.259 e. The minimum atomic E-state index is -2.15. The number of anilines is 1. The molecule has 0 radical (unpaired) electrons. The minimum Gasteiger partial charge on any atom is -0.457 e. The second-order valence-electron chi connectivity index (χ2n) is 4.57. The monoisotopic (exact) mass is 339 g/mol. The molecule has 0 aliphatic rings. The molecular weight excluding hydrogens is 322 g/mol. The summed E-state index contributed by atoms with van der Waals surface area (Å²) in [6, 6.07) is 10.6. The predicted molar refractivity (Wildman–Crippen MR) is 89.8 cm³/mol. The van der Waals surface area contributed by atoms with Crippen LogP contribution in [0.4, 0.5) is 5.69 Å². The van der Waals surface area contributed by atoms with E-state index in [1.807, 2.05) is 31.4 Å². The molecule has 118 valence electrons. The van der Waals surface area contributed by atoms with Crippen LogP contribution in [0.5, 0.6) is 11.5 Å². The number of hydrogen-bond acceptors (Lipinski definition) is 4. The maximum atomic E-state index is 10.7. The van der Waals surface area contributed by atoms with Crippen LogP contribution in [0.2, 0.25) is 0 Å². The third-order valence-corrected chi connectivity index (χ3v) is 4.34. The van der Waals surface area contributed by atoms with Crippen LogP contribution >= 0.6 is 11.8 Å². The SMILES string of the molecule is CSc1ccc(Oc2ccc(NS(=O)O)cc2CO)cc1C. The van der Waals surface area contributed by atoms with Gasteiger partial charge in [0.15, 0.2) is 0 Å². The first kappa shape index (κ1) is 16.8. The Labute approximate surface area is 136 Å². The highest BCUT2D eigenvalue weighted by Crippen LogP contribution is 2.31. The molecule has 7 heteroatoms. The summed E-state index contributed by atoms with van der Waals surface area (Å²) in [6.45, 7) is 1.78. The fourth-order valence-corrected chi connectivity index (χ4v) is 2.92. The third-order valence-electron chi connectivity index (χ3n) is 3.03. The second-order valence-corrected chi connectivity index (χ2v) is 6.12. The van der Waals surface area contributed by atoms with E-state index >= 15 is 0 Å². The van der Waals surface area contributed by atoms with Gasteiger partial charge in [0.2, 0.25) is 0 Å². The van der Waals surface area contributed by atoms with E-state index < -0.39 is 11.3 Å². The van der Waals surface area contributed by atoms with Crippen molar-refractivity contribution in [2.75, 3.05) is 11.0 Å². The van der Waals surface area contributed by atoms with Gasteiger partial charge in [-0.2, -0.15) is 0 Å². The molecule has 0 amide bonds. The van der Waals surface area contributed by atoms with Gasteiger partial charge in [0.25, 0.3) is 11.3 Å². The molecule has 0 aliphatic heterocycles. The zero-order valence-corrected chi connectivity index (χ0v) is 13.8. The summed E-state index contributed by atoms with van der Waals surface area (Å²) < 4.78 is 27.7. The van der Waals surface area contributed by atoms with Crippen molar-refractivity contribution in [2.45, 2.75) is 18.4 Å². The molecule has 0 spiro atoms. The van der Waals surface area contributed by atoms with Crippen LogP contribution in [-0.2, 0) is 17.9 Å². The van der Waals surface area contributed by atoms with Crippen molar-refractivity contribution < 1.29 is 18.6 Å². The van der Waals surface area contributed by atoms with Crippen LogP contribution in [0.15, 0.2) is 41.3 Å². The number of aliphatic hydroxyl groups excluding tert-OH is 1. The molecule has 0 aliphatic carbocycles. The molecule has 2 rings (SSSR count). The van der Waals surface area contributed by atoms with E-state index in [1.54, 1.807) is 30.0 Å². The fourth-order valence-electron chi connectivity index (χ4n) is 2.01. The molecule has 1 atom stereocenters. The highest BCUT2D eigenvalue weighted by atomic mass is 32.2. The molecule has 0 saturated heterocycles. The number of aliphatic hydroxyl groups is 1. The van der Waals surface area contributed by atoms with Gasteiger partial charge in [-0.3, -0.25) is 9.27 Å². The van der Waals surface area contributed by atoms with Gasteiger partial charge in [-0.25, -0.2) is 4.21 Å². The van der Waals surface area contributed by atoms with E-state index in [1.165, 1.54) is 4.90 Å². The van der Waals surface area contributed by atoms with Crippen molar-refractivity contribution in [1.29, 1.82) is 0 Å². The molecule has 2 aromatic carbocycles. The Kier molecular flexibility index (Phi) is 5.84. The van der Waals surface area contributed by atoms with Crippen LogP contribution in [0, 0.1) is 6.92 Å². The molecule has 1 unspecified atom stereocenters. The highest BCUT2D eigenvalue weighted by molar-refractivity contribution is 7.98. The van der Waals surface area contributed by atoms with Gasteiger partial charge < -0.3 is 9.84 Å². The highest BCUT2D eigenvalue weighted by Gasteiger charge is 2.08. The summed E-state index contributed by atoms with van der Waals surface area (Å²) in [5, 5.41) is 9.44. The standard InChI is InChI=1S/C15H17NO4S2/c1-10-7-13(4-6-15(10)21-2)20-14-5-3-12(16-22(18)19)8-11(14)9-17/h3-8,16-17H,9H2,1-2H3,(H,18,19). The third kappa shape index (κ3) is 4.23. The zero-order valence-electron chi connectivity index (χ0n) is 12.2. The van der Waals surface area contributed by atoms with Crippen LogP contribution in [-0.4, -0.2) is 20.1 Å². The van der Waals surface area contributed by atoms with E-state index in [0.717, 1.165) is 5.56 Å². The lowest BCUT2D eigenvalue weighted by Crippen LogP contribution is -2.03. The Morgan fingerprint density at radius 1 is 1.27 bits per heavy atom. The van der Waals surface area contributed by atoms with Gasteiger partial charge in [0.1, 0.15) is 11.5 Å². The first-order chi connectivity index (χ1) is 10.5. The fraction of sp³-hybridized carbons (Fsp3) is 0.200. The molecule has 2 aromatic rings. The van der Waals surface area contributed by atoms with E-state index in [2.05, 4.69) is 4.72 Å². The van der Waals surface area contributed by atoms with Gasteiger partial charge >= 0.3 is 0 Å². The normalized spacial score (nSPS) is 12.0. The molecule has 0 fully saturated rings. The van der Waals surface area contributed by atoms with Gasteiger partial charge in [0, 0.05) is 16.1 Å². The topological polar surface area (TPSA) is 78.8 Å². The first-order valence-electron chi connectivity index (χ1n) is 6.47. The molecular formula is C15H17NO4S2. The number of ether oxygens (including phenoxy) is 1. The number of thioether (sulfide) groups is 1. The Bertz CT molecular complexity index is 691. The van der Waals surface area contributed by atoms with Crippen molar-refractivity contribution in [3.05, 3.63) is 47.5 Å². The second kappa shape index (κ2) is 7.64. The van der Waals surface area contributed by atoms with Crippen molar-refractivity contribution in [3.63, 3.8) is 0 Å². The Hall–Kier alpha value is -1.54. The van der Waals surface area contributed by atoms with Crippen molar-refractivity contribution in [2.24, 2.45) is 0 Å². The Balaban J connectivity index is 2.25. The van der Waals surface area contributed by atoms with Crippen LogP contribution in [0.1, 0.15) is 11.1 Å². The molecule has 22 heavy (non-hydrogen) atoms. The average molecular weight is 339 g/mol. The summed E-state index contributed by atoms with van der Waals surface area (Å²) in [7, 11) is 0. The number of hydrogen-bond donors (Lipinski definition) is 3. The largest absolute Gasteiger partial charge is 0.457 e. The zero-order chi connectivity index (χ0) is 16.1. The summed E-state index contributed by atoms with van der Waals surface area (Å²) >= 11 is -0.484. The minimum absolute atomic E-state index is 0.231. The predicted octanol–water partition coefficient (Wildman–Crippen LogP) is 3.55. The molecule has 0 aromatic heterocycles. The summed E-state index contributed by atoms with van der Waals surface area (Å²) in [4.78, 5) is 1.18. The van der Waals surface area contributed by atoms with Crippen molar-refractivity contribution >= 4 is 28.7 Å². The molecule has 3 N–H and O–H groups in total. The number of benzene rings is 2. The Morgan fingerprint density at radius 3 is 2.64 bits per heavy atom. The number of aryl methyl sites for hydroxylation is 1. The number of nitrogens with one attached hydrogen (secondary N) is 1. The molecule has 5 nitrogen and oxygen atoms in total. The van der Waals surface area contributed by atoms with Crippen molar-refractivity contribution in [3.8, 4) is 11.5 Å². The van der Waals surface area contributed by atoms with Crippen LogP contribution in [0.25, 0.3) is 0 Å². The summed E-state index contributed by atoms with van der Waals surface area (Å²) in [6.07, 6.45) is 2.02. The van der Waals surface area contributed by atoms with E-state index in [9.17, 15) is 9.32 Å². The summed E-state index contributed by atoms with van der Waals surface area (Å²) in [5.74, 6) is 1.18. The van der Waals surface area contributed by atoms with Gasteiger partial charge in [-0.1, -0.05) is 0 Å². The van der Waals surface area contributed by atoms with Gasteiger partial charge in [-0.15, -0.1) is 11.8 Å². The smallest absolute Gasteiger partial charge is 0.259 e. The van der Waals surface area contributed by atoms with E-state index in [-0.39, 0.29) is 6.61 Å².